The maximum atomic E-state index is 13.3. The average Bonchev–Trinajstić information content (AvgIpc) is 2.68. The fourth-order valence-electron chi connectivity index (χ4n) is 1.61. The number of halogens is 2. The number of anilines is 2. The Morgan fingerprint density at radius 2 is 2.12 bits per heavy atom. The fraction of sp³-hybridized carbons (Fsp3) is 0.167. The van der Waals surface area contributed by atoms with Crippen LogP contribution in [-0.4, -0.2) is 7.05 Å². The van der Waals surface area contributed by atoms with Gasteiger partial charge in [-0.1, -0.05) is 6.07 Å². The summed E-state index contributed by atoms with van der Waals surface area (Å²) in [5.41, 5.74) is 6.64. The number of benzene rings is 1. The molecule has 0 aliphatic carbocycles. The van der Waals surface area contributed by atoms with Crippen LogP contribution in [0.2, 0.25) is 0 Å². The van der Waals surface area contributed by atoms with E-state index < -0.39 is 0 Å². The summed E-state index contributed by atoms with van der Waals surface area (Å²) in [6, 6.07) is 8.90. The van der Waals surface area contributed by atoms with Crippen LogP contribution in [0.3, 0.4) is 0 Å². The molecule has 5 heteroatoms. The molecular weight excluding hydrogens is 303 g/mol. The van der Waals surface area contributed by atoms with Crippen LogP contribution in [-0.2, 0) is 6.54 Å². The van der Waals surface area contributed by atoms with Gasteiger partial charge in [0, 0.05) is 11.9 Å². The van der Waals surface area contributed by atoms with E-state index in [1.807, 2.05) is 30.1 Å². The van der Waals surface area contributed by atoms with Crippen LogP contribution >= 0.6 is 27.3 Å². The first-order valence-electron chi connectivity index (χ1n) is 5.07. The van der Waals surface area contributed by atoms with Crippen LogP contribution < -0.4 is 10.6 Å². The van der Waals surface area contributed by atoms with Crippen molar-refractivity contribution < 1.29 is 4.39 Å². The van der Waals surface area contributed by atoms with Gasteiger partial charge in [-0.25, -0.2) is 4.39 Å². The summed E-state index contributed by atoms with van der Waals surface area (Å²) in [4.78, 5) is 3.14. The summed E-state index contributed by atoms with van der Waals surface area (Å²) in [6.07, 6.45) is 0. The number of nitrogen functional groups attached to an aromatic ring is 1. The van der Waals surface area contributed by atoms with Gasteiger partial charge in [0.15, 0.2) is 0 Å². The molecule has 0 unspecified atom stereocenters. The molecule has 0 bridgehead atoms. The number of hydrogen-bond donors (Lipinski definition) is 1. The van der Waals surface area contributed by atoms with Gasteiger partial charge in [0.1, 0.15) is 5.82 Å². The molecule has 0 atom stereocenters. The van der Waals surface area contributed by atoms with Gasteiger partial charge in [0.2, 0.25) is 0 Å². The number of rotatable bonds is 3. The van der Waals surface area contributed by atoms with E-state index in [1.165, 1.54) is 10.9 Å². The molecule has 0 saturated carbocycles. The third kappa shape index (κ3) is 2.79. The Kier molecular flexibility index (Phi) is 3.69. The highest BCUT2D eigenvalue weighted by molar-refractivity contribution is 9.11. The van der Waals surface area contributed by atoms with Gasteiger partial charge < -0.3 is 10.6 Å². The molecule has 0 fully saturated rings. The van der Waals surface area contributed by atoms with Crippen LogP contribution in [0.1, 0.15) is 4.88 Å². The Hall–Kier alpha value is -1.07. The average molecular weight is 315 g/mol. The molecule has 2 aromatic rings. The molecule has 0 spiro atoms. The van der Waals surface area contributed by atoms with Crippen LogP contribution in [0, 0.1) is 5.82 Å². The molecule has 0 aliphatic rings. The summed E-state index contributed by atoms with van der Waals surface area (Å²) >= 11 is 5.08. The summed E-state index contributed by atoms with van der Waals surface area (Å²) < 4.78 is 14.4. The maximum absolute atomic E-state index is 13.3. The van der Waals surface area contributed by atoms with Crippen molar-refractivity contribution in [1.82, 2.24) is 0 Å². The molecule has 0 aliphatic heterocycles. The van der Waals surface area contributed by atoms with Crippen molar-refractivity contribution in [2.45, 2.75) is 6.54 Å². The summed E-state index contributed by atoms with van der Waals surface area (Å²) in [5, 5.41) is 0. The largest absolute Gasteiger partial charge is 0.395 e. The molecule has 1 heterocycles. The van der Waals surface area contributed by atoms with E-state index in [1.54, 1.807) is 17.4 Å². The van der Waals surface area contributed by atoms with E-state index in [0.29, 0.717) is 6.54 Å². The normalized spacial score (nSPS) is 10.5. The fourth-order valence-corrected chi connectivity index (χ4v) is 3.15. The molecule has 2 nitrogen and oxygen atoms in total. The number of hydrogen-bond acceptors (Lipinski definition) is 3. The highest BCUT2D eigenvalue weighted by Crippen LogP contribution is 2.28. The topological polar surface area (TPSA) is 29.3 Å². The first-order chi connectivity index (χ1) is 8.08. The summed E-state index contributed by atoms with van der Waals surface area (Å²) in [6.45, 7) is 0.712. The Morgan fingerprint density at radius 3 is 2.76 bits per heavy atom. The minimum absolute atomic E-state index is 0.200. The predicted octanol–water partition coefficient (Wildman–Crippen LogP) is 3.87. The van der Waals surface area contributed by atoms with Crippen molar-refractivity contribution in [2.75, 3.05) is 17.7 Å². The third-order valence-corrected chi connectivity index (χ3v) is 4.07. The summed E-state index contributed by atoms with van der Waals surface area (Å²) in [7, 11) is 1.90. The molecule has 0 radical (unpaired) electrons. The number of para-hydroxylation sites is 1. The van der Waals surface area contributed by atoms with Gasteiger partial charge in [-0.05, 0) is 40.2 Å². The smallest absolute Gasteiger partial charge is 0.148 e. The zero-order valence-electron chi connectivity index (χ0n) is 9.28. The van der Waals surface area contributed by atoms with Gasteiger partial charge in [-0.3, -0.25) is 0 Å². The van der Waals surface area contributed by atoms with Crippen LogP contribution in [0.15, 0.2) is 34.1 Å². The lowest BCUT2D eigenvalue weighted by Crippen LogP contribution is -2.17. The minimum Gasteiger partial charge on any atom is -0.395 e. The van der Waals surface area contributed by atoms with Crippen molar-refractivity contribution in [3.05, 3.63) is 44.8 Å². The zero-order valence-corrected chi connectivity index (χ0v) is 11.7. The standard InChI is InChI=1S/C12H12BrFN2S/c1-16(7-8-5-6-11(13)17-8)10-4-2-3-9(14)12(10)15/h2-6H,7,15H2,1H3. The number of thiophene rings is 1. The Bertz CT molecular complexity index is 527. The Labute approximate surface area is 112 Å². The summed E-state index contributed by atoms with van der Waals surface area (Å²) in [5.74, 6) is -0.373. The molecule has 1 aromatic heterocycles. The molecule has 17 heavy (non-hydrogen) atoms. The second-order valence-electron chi connectivity index (χ2n) is 3.73. The zero-order chi connectivity index (χ0) is 12.4. The maximum Gasteiger partial charge on any atom is 0.148 e. The van der Waals surface area contributed by atoms with Crippen LogP contribution in [0.5, 0.6) is 0 Å². The second kappa shape index (κ2) is 5.06. The van der Waals surface area contributed by atoms with E-state index >= 15 is 0 Å². The Morgan fingerprint density at radius 1 is 1.35 bits per heavy atom. The van der Waals surface area contributed by atoms with Gasteiger partial charge in [-0.2, -0.15) is 0 Å². The van der Waals surface area contributed by atoms with E-state index in [4.69, 9.17) is 5.73 Å². The lowest BCUT2D eigenvalue weighted by Gasteiger charge is -2.20. The van der Waals surface area contributed by atoms with Crippen molar-refractivity contribution >= 4 is 38.6 Å². The van der Waals surface area contributed by atoms with Crippen LogP contribution in [0.4, 0.5) is 15.8 Å². The van der Waals surface area contributed by atoms with Gasteiger partial charge in [0.25, 0.3) is 0 Å². The van der Waals surface area contributed by atoms with E-state index in [9.17, 15) is 4.39 Å². The molecule has 0 saturated heterocycles. The first kappa shape index (κ1) is 12.4. The third-order valence-electron chi connectivity index (χ3n) is 2.46. The highest BCUT2D eigenvalue weighted by Gasteiger charge is 2.10. The monoisotopic (exact) mass is 314 g/mol. The SMILES string of the molecule is CN(Cc1ccc(Br)s1)c1cccc(F)c1N. The Balaban J connectivity index is 2.20. The van der Waals surface area contributed by atoms with E-state index in [-0.39, 0.29) is 11.5 Å². The molecule has 90 valence electrons. The molecule has 0 amide bonds. The molecule has 2 rings (SSSR count). The van der Waals surface area contributed by atoms with E-state index in [0.717, 1.165) is 9.47 Å². The van der Waals surface area contributed by atoms with Crippen molar-refractivity contribution in [3.8, 4) is 0 Å². The van der Waals surface area contributed by atoms with Crippen molar-refractivity contribution in [1.29, 1.82) is 0 Å². The lowest BCUT2D eigenvalue weighted by molar-refractivity contribution is 0.632. The van der Waals surface area contributed by atoms with Crippen molar-refractivity contribution in [3.63, 3.8) is 0 Å². The minimum atomic E-state index is -0.373. The van der Waals surface area contributed by atoms with Crippen molar-refractivity contribution in [2.24, 2.45) is 0 Å². The van der Waals surface area contributed by atoms with E-state index in [2.05, 4.69) is 15.9 Å². The first-order valence-corrected chi connectivity index (χ1v) is 6.68. The van der Waals surface area contributed by atoms with Gasteiger partial charge >= 0.3 is 0 Å². The molecule has 1 aromatic carbocycles. The number of nitrogens with two attached hydrogens (primary N) is 1. The number of nitrogens with zero attached hydrogens (tertiary/aromatic N) is 1. The lowest BCUT2D eigenvalue weighted by atomic mass is 10.2. The molecular formula is C12H12BrFN2S. The van der Waals surface area contributed by atoms with Gasteiger partial charge in [0.05, 0.1) is 21.7 Å². The quantitative estimate of drug-likeness (QED) is 0.871. The molecule has 2 N–H and O–H groups in total. The highest BCUT2D eigenvalue weighted by atomic mass is 79.9. The second-order valence-corrected chi connectivity index (χ2v) is 6.28. The van der Waals surface area contributed by atoms with Crippen LogP contribution in [0.25, 0.3) is 0 Å². The van der Waals surface area contributed by atoms with Gasteiger partial charge in [-0.15, -0.1) is 11.3 Å². The predicted molar refractivity (Wildman–Crippen MR) is 74.9 cm³/mol.